The van der Waals surface area contributed by atoms with Gasteiger partial charge in [0.05, 0.1) is 11.6 Å². The Labute approximate surface area is 134 Å². The molecule has 0 saturated carbocycles. The first-order chi connectivity index (χ1) is 11.2. The second-order valence-corrected chi connectivity index (χ2v) is 5.95. The molecule has 1 aliphatic heterocycles. The smallest absolute Gasteiger partial charge is 0.248 e. The average molecular weight is 303 g/mol. The van der Waals surface area contributed by atoms with Crippen molar-refractivity contribution in [3.05, 3.63) is 71.4 Å². The van der Waals surface area contributed by atoms with E-state index < -0.39 is 0 Å². The van der Waals surface area contributed by atoms with Crippen molar-refractivity contribution in [2.24, 2.45) is 5.10 Å². The molecule has 1 atom stereocenters. The van der Waals surface area contributed by atoms with Crippen LogP contribution in [0.1, 0.15) is 29.0 Å². The van der Waals surface area contributed by atoms with Gasteiger partial charge < -0.3 is 4.98 Å². The first-order valence-corrected chi connectivity index (χ1v) is 7.72. The molecule has 3 aromatic rings. The Morgan fingerprint density at radius 1 is 1.09 bits per heavy atom. The third-order valence-corrected chi connectivity index (χ3v) is 4.40. The van der Waals surface area contributed by atoms with Crippen molar-refractivity contribution in [2.45, 2.75) is 19.3 Å². The molecule has 4 heteroatoms. The molecule has 0 spiro atoms. The molecule has 0 unspecified atom stereocenters. The molecule has 1 aliphatic rings. The number of hydrazone groups is 1. The summed E-state index contributed by atoms with van der Waals surface area (Å²) in [6, 6.07) is 16.3. The van der Waals surface area contributed by atoms with Crippen molar-refractivity contribution in [3.8, 4) is 0 Å². The maximum absolute atomic E-state index is 12.3. The Morgan fingerprint density at radius 3 is 2.70 bits per heavy atom. The van der Waals surface area contributed by atoms with Gasteiger partial charge in [0.15, 0.2) is 0 Å². The van der Waals surface area contributed by atoms with Crippen molar-refractivity contribution in [3.63, 3.8) is 0 Å². The second kappa shape index (κ2) is 5.39. The summed E-state index contributed by atoms with van der Waals surface area (Å²) in [4.78, 5) is 15.6. The van der Waals surface area contributed by atoms with E-state index in [1.807, 2.05) is 30.5 Å². The summed E-state index contributed by atoms with van der Waals surface area (Å²) in [6.45, 7) is 2.06. The van der Waals surface area contributed by atoms with Crippen LogP contribution in [0.4, 0.5) is 0 Å². The number of amides is 1. The summed E-state index contributed by atoms with van der Waals surface area (Å²) in [5, 5.41) is 5.35. The predicted molar refractivity (Wildman–Crippen MR) is 91.5 cm³/mol. The maximum atomic E-state index is 12.3. The zero-order chi connectivity index (χ0) is 15.8. The minimum Gasteiger partial charge on any atom is -0.361 e. The standard InChI is InChI=1S/C19H17N3O/c1-12-6-8-13(9-7-12)18-10-15(19(23)22-21-18)16-11-20-17-5-3-2-4-14(16)17/h2-9,11,15,20H,10H2,1H3,(H,22,23)/t15-/m1/s1. The molecule has 0 aliphatic carbocycles. The topological polar surface area (TPSA) is 57.2 Å². The predicted octanol–water partition coefficient (Wildman–Crippen LogP) is 3.48. The molecule has 0 bridgehead atoms. The van der Waals surface area contributed by atoms with Gasteiger partial charge in [-0.2, -0.15) is 5.10 Å². The average Bonchev–Trinajstić information content (AvgIpc) is 3.00. The van der Waals surface area contributed by atoms with Crippen molar-refractivity contribution < 1.29 is 4.79 Å². The van der Waals surface area contributed by atoms with E-state index in [0.29, 0.717) is 6.42 Å². The van der Waals surface area contributed by atoms with Gasteiger partial charge in [-0.05, 0) is 24.1 Å². The first kappa shape index (κ1) is 13.8. The fraction of sp³-hybridized carbons (Fsp3) is 0.158. The monoisotopic (exact) mass is 303 g/mol. The number of hydrogen-bond donors (Lipinski definition) is 2. The fourth-order valence-corrected chi connectivity index (χ4v) is 3.09. The quantitative estimate of drug-likeness (QED) is 0.748. The molecule has 0 fully saturated rings. The lowest BCUT2D eigenvalue weighted by Gasteiger charge is -2.21. The van der Waals surface area contributed by atoms with Gasteiger partial charge in [0.2, 0.25) is 5.91 Å². The number of fused-ring (bicyclic) bond motifs is 1. The van der Waals surface area contributed by atoms with Gasteiger partial charge in [0.1, 0.15) is 0 Å². The number of benzene rings is 2. The highest BCUT2D eigenvalue weighted by Gasteiger charge is 2.29. The number of nitrogens with zero attached hydrogens (tertiary/aromatic N) is 1. The number of H-pyrrole nitrogens is 1. The number of aromatic nitrogens is 1. The Bertz CT molecular complexity index is 906. The number of para-hydroxylation sites is 1. The van der Waals surface area contributed by atoms with Crippen molar-refractivity contribution in [1.82, 2.24) is 10.4 Å². The molecular weight excluding hydrogens is 286 g/mol. The van der Waals surface area contributed by atoms with Gasteiger partial charge in [0.25, 0.3) is 0 Å². The number of nitrogens with one attached hydrogen (secondary N) is 2. The molecule has 23 heavy (non-hydrogen) atoms. The summed E-state index contributed by atoms with van der Waals surface area (Å²) in [5.41, 5.74) is 7.94. The maximum Gasteiger partial charge on any atom is 0.248 e. The van der Waals surface area contributed by atoms with E-state index >= 15 is 0 Å². The van der Waals surface area contributed by atoms with Gasteiger partial charge >= 0.3 is 0 Å². The minimum absolute atomic E-state index is 0.0504. The lowest BCUT2D eigenvalue weighted by atomic mass is 9.89. The van der Waals surface area contributed by atoms with Crippen molar-refractivity contribution in [1.29, 1.82) is 0 Å². The van der Waals surface area contributed by atoms with Crippen molar-refractivity contribution in [2.75, 3.05) is 0 Å². The molecular formula is C19H17N3O. The van der Waals surface area contributed by atoms with E-state index in [-0.39, 0.29) is 11.8 Å². The molecule has 2 N–H and O–H groups in total. The van der Waals surface area contributed by atoms with Crippen LogP contribution in [0, 0.1) is 6.92 Å². The van der Waals surface area contributed by atoms with Gasteiger partial charge in [-0.15, -0.1) is 0 Å². The Balaban J connectivity index is 1.71. The highest BCUT2D eigenvalue weighted by atomic mass is 16.2. The lowest BCUT2D eigenvalue weighted by Crippen LogP contribution is -2.33. The lowest BCUT2D eigenvalue weighted by molar-refractivity contribution is -0.122. The number of rotatable bonds is 2. The summed E-state index contributed by atoms with van der Waals surface area (Å²) in [6.07, 6.45) is 2.55. The molecule has 114 valence electrons. The Kier molecular flexibility index (Phi) is 3.23. The van der Waals surface area contributed by atoms with Crippen LogP contribution < -0.4 is 5.43 Å². The van der Waals surface area contributed by atoms with E-state index in [2.05, 4.69) is 46.7 Å². The number of aryl methyl sites for hydroxylation is 1. The van der Waals surface area contributed by atoms with E-state index in [0.717, 1.165) is 27.7 Å². The molecule has 2 heterocycles. The van der Waals surface area contributed by atoms with Crippen LogP contribution in [-0.2, 0) is 4.79 Å². The summed E-state index contributed by atoms with van der Waals surface area (Å²) >= 11 is 0. The zero-order valence-electron chi connectivity index (χ0n) is 12.8. The van der Waals surface area contributed by atoms with Gasteiger partial charge in [-0.3, -0.25) is 4.79 Å². The molecule has 2 aromatic carbocycles. The largest absolute Gasteiger partial charge is 0.361 e. The minimum atomic E-state index is -0.222. The third-order valence-electron chi connectivity index (χ3n) is 4.40. The van der Waals surface area contributed by atoms with Gasteiger partial charge in [-0.1, -0.05) is 48.0 Å². The van der Waals surface area contributed by atoms with Crippen LogP contribution in [-0.4, -0.2) is 16.6 Å². The Morgan fingerprint density at radius 2 is 1.87 bits per heavy atom. The second-order valence-electron chi connectivity index (χ2n) is 5.95. The highest BCUT2D eigenvalue weighted by Crippen LogP contribution is 2.31. The van der Waals surface area contributed by atoms with E-state index in [4.69, 9.17) is 0 Å². The zero-order valence-corrected chi connectivity index (χ0v) is 12.8. The molecule has 4 nitrogen and oxygen atoms in total. The van der Waals surface area contributed by atoms with Crippen LogP contribution in [0.15, 0.2) is 59.8 Å². The van der Waals surface area contributed by atoms with Crippen LogP contribution >= 0.6 is 0 Å². The van der Waals surface area contributed by atoms with E-state index in [9.17, 15) is 4.79 Å². The van der Waals surface area contributed by atoms with Gasteiger partial charge in [-0.25, -0.2) is 5.43 Å². The number of aromatic amines is 1. The molecule has 0 saturated heterocycles. The SMILES string of the molecule is Cc1ccc(C2=NNC(=O)[C@@H](c3c[nH]c4ccccc34)C2)cc1. The molecule has 1 aromatic heterocycles. The van der Waals surface area contributed by atoms with Crippen LogP contribution in [0.2, 0.25) is 0 Å². The van der Waals surface area contributed by atoms with Crippen LogP contribution in [0.5, 0.6) is 0 Å². The van der Waals surface area contributed by atoms with E-state index in [1.54, 1.807) is 0 Å². The number of hydrogen-bond acceptors (Lipinski definition) is 2. The summed E-state index contributed by atoms with van der Waals surface area (Å²) in [5.74, 6) is -0.273. The third kappa shape index (κ3) is 2.42. The summed E-state index contributed by atoms with van der Waals surface area (Å²) < 4.78 is 0. The Hall–Kier alpha value is -2.88. The normalized spacial score (nSPS) is 17.9. The number of carbonyl (C=O) groups is 1. The van der Waals surface area contributed by atoms with Crippen molar-refractivity contribution >= 4 is 22.5 Å². The molecule has 4 rings (SSSR count). The number of carbonyl (C=O) groups excluding carboxylic acids is 1. The van der Waals surface area contributed by atoms with Crippen LogP contribution in [0.25, 0.3) is 10.9 Å². The molecule has 1 amide bonds. The highest BCUT2D eigenvalue weighted by molar-refractivity contribution is 6.07. The van der Waals surface area contributed by atoms with Crippen LogP contribution in [0.3, 0.4) is 0 Å². The van der Waals surface area contributed by atoms with E-state index in [1.165, 1.54) is 5.56 Å². The molecule has 0 radical (unpaired) electrons. The van der Waals surface area contributed by atoms with Gasteiger partial charge in [0, 0.05) is 23.5 Å². The summed E-state index contributed by atoms with van der Waals surface area (Å²) in [7, 11) is 0. The first-order valence-electron chi connectivity index (χ1n) is 7.72. The fourth-order valence-electron chi connectivity index (χ4n) is 3.09.